The maximum absolute atomic E-state index is 11.0. The molecule has 6 atom stereocenters. The second kappa shape index (κ2) is 10.3. The molecule has 1 saturated carbocycles. The van der Waals surface area contributed by atoms with Gasteiger partial charge in [-0.25, -0.2) is 0 Å². The van der Waals surface area contributed by atoms with Gasteiger partial charge in [-0.15, -0.1) is 0 Å². The highest BCUT2D eigenvalue weighted by atomic mass is 28.4. The lowest BCUT2D eigenvalue weighted by molar-refractivity contribution is -0.141. The number of rotatable bonds is 12. The third kappa shape index (κ3) is 7.33. The third-order valence-corrected chi connectivity index (χ3v) is 12.1. The Morgan fingerprint density at radius 2 is 1.79 bits per heavy atom. The number of carboxylic acid groups (broad SMARTS) is 1. The van der Waals surface area contributed by atoms with Crippen LogP contribution in [-0.2, 0) is 14.0 Å². The Bertz CT molecular complexity index is 526. The van der Waals surface area contributed by atoms with Crippen LogP contribution in [0.3, 0.4) is 0 Å². The van der Waals surface area contributed by atoms with E-state index in [1.54, 1.807) is 6.92 Å². The van der Waals surface area contributed by atoms with Crippen LogP contribution < -0.4 is 0 Å². The fourth-order valence-corrected chi connectivity index (χ4v) is 5.77. The number of hydrogen-bond donors (Lipinski definition) is 2. The molecule has 1 heterocycles. The molecule has 170 valence electrons. The van der Waals surface area contributed by atoms with E-state index in [0.29, 0.717) is 17.9 Å². The number of epoxide rings is 1. The molecule has 0 amide bonds. The molecule has 2 aliphatic rings. The summed E-state index contributed by atoms with van der Waals surface area (Å²) >= 11 is 0. The minimum atomic E-state index is -1.88. The first-order chi connectivity index (χ1) is 13.4. The van der Waals surface area contributed by atoms with Gasteiger partial charge in [-0.2, -0.15) is 0 Å². The number of carbonyl (C=O) groups is 1. The second-order valence-corrected chi connectivity index (χ2v) is 15.7. The lowest BCUT2D eigenvalue weighted by Gasteiger charge is -2.40. The average molecular weight is 429 g/mol. The normalized spacial score (nSPS) is 31.1. The van der Waals surface area contributed by atoms with Gasteiger partial charge in [-0.3, -0.25) is 4.79 Å². The van der Waals surface area contributed by atoms with Gasteiger partial charge in [0.05, 0.1) is 30.8 Å². The zero-order valence-corrected chi connectivity index (χ0v) is 20.4. The van der Waals surface area contributed by atoms with Crippen LogP contribution in [0.15, 0.2) is 0 Å². The highest BCUT2D eigenvalue weighted by Crippen LogP contribution is 2.45. The van der Waals surface area contributed by atoms with Gasteiger partial charge in [0, 0.05) is 0 Å². The second-order valence-electron chi connectivity index (χ2n) is 11.0. The van der Waals surface area contributed by atoms with E-state index >= 15 is 0 Å². The Labute approximate surface area is 178 Å². The highest BCUT2D eigenvalue weighted by molar-refractivity contribution is 6.74. The number of unbranched alkanes of at least 4 members (excludes halogenated alkanes) is 2. The maximum Gasteiger partial charge on any atom is 0.306 e. The Kier molecular flexibility index (Phi) is 8.78. The lowest BCUT2D eigenvalue weighted by atomic mass is 9.85. The number of aliphatic carboxylic acids is 1. The molecule has 2 rings (SSSR count). The molecule has 1 aliphatic carbocycles. The summed E-state index contributed by atoms with van der Waals surface area (Å²) in [7, 11) is -1.88. The van der Waals surface area contributed by atoms with Gasteiger partial charge >= 0.3 is 5.97 Å². The van der Waals surface area contributed by atoms with Crippen LogP contribution in [0.5, 0.6) is 0 Å². The van der Waals surface area contributed by atoms with Crippen LogP contribution in [-0.4, -0.2) is 49.4 Å². The van der Waals surface area contributed by atoms with Crippen molar-refractivity contribution in [1.29, 1.82) is 0 Å². The van der Waals surface area contributed by atoms with Crippen molar-refractivity contribution in [3.63, 3.8) is 0 Å². The monoisotopic (exact) mass is 428 g/mol. The molecule has 0 aromatic rings. The Balaban J connectivity index is 1.91. The summed E-state index contributed by atoms with van der Waals surface area (Å²) in [6, 6.07) is 0. The summed E-state index contributed by atoms with van der Waals surface area (Å²) in [5, 5.41) is 20.0. The first-order valence-corrected chi connectivity index (χ1v) is 14.5. The van der Waals surface area contributed by atoms with E-state index in [9.17, 15) is 9.90 Å². The van der Waals surface area contributed by atoms with E-state index in [1.165, 1.54) is 0 Å². The molecule has 5 nitrogen and oxygen atoms in total. The molecule has 1 aliphatic heterocycles. The fraction of sp³-hybridized carbons (Fsp3) is 0.957. The van der Waals surface area contributed by atoms with E-state index < -0.39 is 14.3 Å². The van der Waals surface area contributed by atoms with Gasteiger partial charge in [0.1, 0.15) is 0 Å². The molecule has 0 radical (unpaired) electrons. The van der Waals surface area contributed by atoms with Crippen molar-refractivity contribution in [2.45, 2.75) is 116 Å². The minimum Gasteiger partial charge on any atom is -0.481 e. The fourth-order valence-electron chi connectivity index (χ4n) is 4.39. The summed E-state index contributed by atoms with van der Waals surface area (Å²) in [5.74, 6) is -0.272. The van der Waals surface area contributed by atoms with Crippen molar-refractivity contribution in [2.75, 3.05) is 6.61 Å². The van der Waals surface area contributed by atoms with Gasteiger partial charge in [0.25, 0.3) is 0 Å². The third-order valence-electron chi connectivity index (χ3n) is 7.57. The predicted octanol–water partition coefficient (Wildman–Crippen LogP) is 5.22. The quantitative estimate of drug-likeness (QED) is 0.253. The molecule has 2 N–H and O–H groups in total. The maximum atomic E-state index is 11.0. The topological polar surface area (TPSA) is 79.3 Å². The summed E-state index contributed by atoms with van der Waals surface area (Å²) in [4.78, 5) is 11.0. The number of aliphatic hydroxyl groups excluding tert-OH is 1. The zero-order valence-electron chi connectivity index (χ0n) is 19.4. The molecular weight excluding hydrogens is 384 g/mol. The highest BCUT2D eigenvalue weighted by Gasteiger charge is 2.47. The lowest BCUT2D eigenvalue weighted by Crippen LogP contribution is -2.45. The Morgan fingerprint density at radius 3 is 2.34 bits per heavy atom. The van der Waals surface area contributed by atoms with E-state index in [2.05, 4.69) is 33.9 Å². The van der Waals surface area contributed by atoms with Crippen molar-refractivity contribution in [2.24, 2.45) is 17.8 Å². The van der Waals surface area contributed by atoms with Crippen LogP contribution in [0.1, 0.15) is 79.1 Å². The van der Waals surface area contributed by atoms with Crippen molar-refractivity contribution in [3.8, 4) is 0 Å². The van der Waals surface area contributed by atoms with Crippen LogP contribution >= 0.6 is 0 Å². The van der Waals surface area contributed by atoms with Crippen molar-refractivity contribution < 1.29 is 24.2 Å². The van der Waals surface area contributed by atoms with Crippen LogP contribution in [0, 0.1) is 17.8 Å². The van der Waals surface area contributed by atoms with Gasteiger partial charge in [-0.1, -0.05) is 47.0 Å². The molecule has 2 fully saturated rings. The zero-order chi connectivity index (χ0) is 21.8. The minimum absolute atomic E-state index is 0.154. The van der Waals surface area contributed by atoms with E-state index in [1.807, 2.05) is 0 Å². The predicted molar refractivity (Wildman–Crippen MR) is 119 cm³/mol. The van der Waals surface area contributed by atoms with Crippen molar-refractivity contribution in [3.05, 3.63) is 0 Å². The Morgan fingerprint density at radius 1 is 1.14 bits per heavy atom. The van der Waals surface area contributed by atoms with Gasteiger partial charge in [-0.05, 0) is 62.1 Å². The number of aliphatic hydroxyl groups is 1. The summed E-state index contributed by atoms with van der Waals surface area (Å²) in [6.45, 7) is 14.1. The van der Waals surface area contributed by atoms with Crippen molar-refractivity contribution in [1.82, 2.24) is 0 Å². The molecule has 0 spiro atoms. The standard InChI is InChI=1S/C23H44O5Si/c1-16(22(25)26)10-8-7-9-11-18-19(13-12-17-15-27-17)21(14-20(18)24)28-29(5,6)23(2,3)4/h16-21,24H,7-15H2,1-6H3,(H,25,26). The van der Waals surface area contributed by atoms with Gasteiger partial charge < -0.3 is 19.4 Å². The van der Waals surface area contributed by atoms with Gasteiger partial charge in [0.2, 0.25) is 0 Å². The first kappa shape index (κ1) is 24.8. The van der Waals surface area contributed by atoms with Gasteiger partial charge in [0.15, 0.2) is 8.32 Å². The molecule has 0 aromatic heterocycles. The molecule has 0 bridgehead atoms. The number of ether oxygens (including phenoxy) is 1. The van der Waals surface area contributed by atoms with Crippen LogP contribution in [0.2, 0.25) is 18.1 Å². The summed E-state index contributed by atoms with van der Waals surface area (Å²) < 4.78 is 12.2. The SMILES string of the molecule is CC(CCCCCC1C(O)CC(O[Si](C)(C)C(C)(C)C)C1CCC1CO1)C(=O)O. The molecule has 0 aromatic carbocycles. The largest absolute Gasteiger partial charge is 0.481 e. The Hall–Kier alpha value is -0.433. The first-order valence-electron chi connectivity index (χ1n) is 11.6. The molecule has 6 unspecified atom stereocenters. The number of hydrogen-bond acceptors (Lipinski definition) is 4. The molecule has 1 saturated heterocycles. The molecule has 6 heteroatoms. The molecule has 29 heavy (non-hydrogen) atoms. The average Bonchev–Trinajstić information content (AvgIpc) is 3.37. The van der Waals surface area contributed by atoms with E-state index in [-0.39, 0.29) is 23.2 Å². The summed E-state index contributed by atoms with van der Waals surface area (Å²) in [6.07, 6.45) is 7.96. The number of carboxylic acids is 1. The van der Waals surface area contributed by atoms with E-state index in [4.69, 9.17) is 14.3 Å². The smallest absolute Gasteiger partial charge is 0.306 e. The molecular formula is C23H44O5Si. The van der Waals surface area contributed by atoms with Crippen LogP contribution in [0.25, 0.3) is 0 Å². The van der Waals surface area contributed by atoms with Crippen LogP contribution in [0.4, 0.5) is 0 Å². The van der Waals surface area contributed by atoms with Crippen molar-refractivity contribution >= 4 is 14.3 Å². The van der Waals surface area contributed by atoms with E-state index in [0.717, 1.165) is 58.0 Å². The summed E-state index contributed by atoms with van der Waals surface area (Å²) in [5.41, 5.74) is 0.